The number of nitrogens with zero attached hydrogens (tertiary/aromatic N) is 1. The number of ether oxygens (including phenoxy) is 1. The standard InChI is InChI=1S/C14H26N2O2/c1-4-16(14(17)9-18-10(2)3)13-7-11-5-6-12(8-13)15-11/h10-13,15H,4-9H2,1-3H3. The molecule has 1 amide bonds. The van der Waals surface area contributed by atoms with Crippen LogP contribution in [-0.4, -0.2) is 48.2 Å². The molecule has 2 fully saturated rings. The number of carbonyl (C=O) groups is 1. The van der Waals surface area contributed by atoms with E-state index in [4.69, 9.17) is 4.74 Å². The topological polar surface area (TPSA) is 41.6 Å². The van der Waals surface area contributed by atoms with Crippen molar-refractivity contribution in [2.24, 2.45) is 0 Å². The first-order valence-electron chi connectivity index (χ1n) is 7.27. The fourth-order valence-electron chi connectivity index (χ4n) is 3.24. The highest BCUT2D eigenvalue weighted by atomic mass is 16.5. The van der Waals surface area contributed by atoms with E-state index in [1.807, 2.05) is 18.7 Å². The van der Waals surface area contributed by atoms with Gasteiger partial charge in [0.15, 0.2) is 0 Å². The molecule has 0 aromatic carbocycles. The van der Waals surface area contributed by atoms with Gasteiger partial charge in [0.1, 0.15) is 6.61 Å². The number of amides is 1. The van der Waals surface area contributed by atoms with Gasteiger partial charge in [-0.15, -0.1) is 0 Å². The van der Waals surface area contributed by atoms with Crippen molar-refractivity contribution in [1.82, 2.24) is 10.2 Å². The molecule has 2 bridgehead atoms. The van der Waals surface area contributed by atoms with Crippen molar-refractivity contribution in [2.45, 2.75) is 70.7 Å². The number of nitrogens with one attached hydrogen (secondary N) is 1. The second-order valence-electron chi connectivity index (χ2n) is 5.80. The van der Waals surface area contributed by atoms with Crippen LogP contribution < -0.4 is 5.32 Å². The second-order valence-corrected chi connectivity index (χ2v) is 5.80. The minimum absolute atomic E-state index is 0.122. The fraction of sp³-hybridized carbons (Fsp3) is 0.929. The molecule has 2 aliphatic heterocycles. The Kier molecular flexibility index (Phi) is 4.62. The molecular formula is C14H26N2O2. The van der Waals surface area contributed by atoms with Gasteiger partial charge in [0.25, 0.3) is 0 Å². The SMILES string of the molecule is CCN(C(=O)COC(C)C)C1CC2CCC(C1)N2. The summed E-state index contributed by atoms with van der Waals surface area (Å²) in [7, 11) is 0. The lowest BCUT2D eigenvalue weighted by Gasteiger charge is -2.37. The maximum Gasteiger partial charge on any atom is 0.248 e. The van der Waals surface area contributed by atoms with Crippen LogP contribution in [0.5, 0.6) is 0 Å². The largest absolute Gasteiger partial charge is 0.369 e. The number of carbonyl (C=O) groups excluding carboxylic acids is 1. The third-order valence-corrected chi connectivity index (χ3v) is 4.09. The minimum atomic E-state index is 0.122. The van der Waals surface area contributed by atoms with Gasteiger partial charge in [-0.25, -0.2) is 0 Å². The van der Waals surface area contributed by atoms with E-state index in [0.29, 0.717) is 18.1 Å². The van der Waals surface area contributed by atoms with Crippen LogP contribution in [0.2, 0.25) is 0 Å². The van der Waals surface area contributed by atoms with E-state index in [-0.39, 0.29) is 18.6 Å². The van der Waals surface area contributed by atoms with Gasteiger partial charge in [0.2, 0.25) is 5.91 Å². The monoisotopic (exact) mass is 254 g/mol. The summed E-state index contributed by atoms with van der Waals surface area (Å²) < 4.78 is 5.44. The first-order valence-corrected chi connectivity index (χ1v) is 7.27. The van der Waals surface area contributed by atoms with Crippen LogP contribution in [0.3, 0.4) is 0 Å². The fourth-order valence-corrected chi connectivity index (χ4v) is 3.24. The molecule has 0 saturated carbocycles. The van der Waals surface area contributed by atoms with Crippen LogP contribution in [0.1, 0.15) is 46.5 Å². The second kappa shape index (κ2) is 6.02. The van der Waals surface area contributed by atoms with Crippen LogP contribution in [0, 0.1) is 0 Å². The van der Waals surface area contributed by atoms with Crippen molar-refractivity contribution in [1.29, 1.82) is 0 Å². The first kappa shape index (κ1) is 13.8. The number of fused-ring (bicyclic) bond motifs is 2. The molecule has 0 aromatic heterocycles. The lowest BCUT2D eigenvalue weighted by Crippen LogP contribution is -2.51. The summed E-state index contributed by atoms with van der Waals surface area (Å²) in [6.45, 7) is 7.02. The van der Waals surface area contributed by atoms with E-state index in [1.54, 1.807) is 0 Å². The molecule has 4 nitrogen and oxygen atoms in total. The van der Waals surface area contributed by atoms with Crippen molar-refractivity contribution in [3.8, 4) is 0 Å². The Morgan fingerprint density at radius 2 is 1.94 bits per heavy atom. The third kappa shape index (κ3) is 3.23. The highest BCUT2D eigenvalue weighted by Crippen LogP contribution is 2.29. The van der Waals surface area contributed by atoms with Gasteiger partial charge >= 0.3 is 0 Å². The number of piperidine rings is 1. The number of likely N-dealkylation sites (N-methyl/N-ethyl adjacent to an activating group) is 1. The Labute approximate surface area is 110 Å². The maximum atomic E-state index is 12.2. The van der Waals surface area contributed by atoms with E-state index in [9.17, 15) is 4.79 Å². The molecule has 4 heteroatoms. The molecule has 104 valence electrons. The van der Waals surface area contributed by atoms with Crippen LogP contribution >= 0.6 is 0 Å². The van der Waals surface area contributed by atoms with Crippen LogP contribution in [-0.2, 0) is 9.53 Å². The number of hydrogen-bond acceptors (Lipinski definition) is 3. The predicted molar refractivity (Wildman–Crippen MR) is 71.4 cm³/mol. The summed E-state index contributed by atoms with van der Waals surface area (Å²) in [5.41, 5.74) is 0. The molecule has 18 heavy (non-hydrogen) atoms. The maximum absolute atomic E-state index is 12.2. The highest BCUT2D eigenvalue weighted by Gasteiger charge is 2.36. The van der Waals surface area contributed by atoms with E-state index in [0.717, 1.165) is 19.4 Å². The lowest BCUT2D eigenvalue weighted by atomic mass is 9.98. The molecule has 0 spiro atoms. The van der Waals surface area contributed by atoms with E-state index >= 15 is 0 Å². The van der Waals surface area contributed by atoms with Gasteiger partial charge in [-0.05, 0) is 46.5 Å². The van der Waals surface area contributed by atoms with Crippen LogP contribution in [0.4, 0.5) is 0 Å². The van der Waals surface area contributed by atoms with E-state index < -0.39 is 0 Å². The van der Waals surface area contributed by atoms with Gasteiger partial charge in [0, 0.05) is 24.7 Å². The van der Waals surface area contributed by atoms with Crippen molar-refractivity contribution in [3.05, 3.63) is 0 Å². The first-order chi connectivity index (χ1) is 8.60. The Morgan fingerprint density at radius 1 is 1.33 bits per heavy atom. The Bertz CT molecular complexity index is 282. The van der Waals surface area contributed by atoms with Crippen molar-refractivity contribution in [3.63, 3.8) is 0 Å². The van der Waals surface area contributed by atoms with Crippen LogP contribution in [0.25, 0.3) is 0 Å². The van der Waals surface area contributed by atoms with Crippen molar-refractivity contribution in [2.75, 3.05) is 13.2 Å². The lowest BCUT2D eigenvalue weighted by molar-refractivity contribution is -0.140. The molecule has 2 unspecified atom stereocenters. The summed E-state index contributed by atoms with van der Waals surface area (Å²) in [6.07, 6.45) is 4.89. The Balaban J connectivity index is 1.89. The molecule has 2 saturated heterocycles. The quantitative estimate of drug-likeness (QED) is 0.809. The summed E-state index contributed by atoms with van der Waals surface area (Å²) in [6, 6.07) is 1.67. The molecule has 2 atom stereocenters. The summed E-state index contributed by atoms with van der Waals surface area (Å²) in [5.74, 6) is 0.150. The average molecular weight is 254 g/mol. The number of rotatable bonds is 5. The zero-order chi connectivity index (χ0) is 13.1. The van der Waals surface area contributed by atoms with Gasteiger partial charge in [0.05, 0.1) is 6.10 Å². The molecule has 0 aliphatic carbocycles. The summed E-state index contributed by atoms with van der Waals surface area (Å²) >= 11 is 0. The third-order valence-electron chi connectivity index (χ3n) is 4.09. The smallest absolute Gasteiger partial charge is 0.248 e. The van der Waals surface area contributed by atoms with Gasteiger partial charge in [-0.1, -0.05) is 0 Å². The minimum Gasteiger partial charge on any atom is -0.369 e. The highest BCUT2D eigenvalue weighted by molar-refractivity contribution is 5.77. The summed E-state index contributed by atoms with van der Waals surface area (Å²) in [5, 5.41) is 3.62. The predicted octanol–water partition coefficient (Wildman–Crippen LogP) is 1.54. The van der Waals surface area contributed by atoms with Crippen LogP contribution in [0.15, 0.2) is 0 Å². The molecule has 2 rings (SSSR count). The zero-order valence-corrected chi connectivity index (χ0v) is 11.8. The van der Waals surface area contributed by atoms with E-state index in [1.165, 1.54) is 12.8 Å². The zero-order valence-electron chi connectivity index (χ0n) is 11.8. The molecule has 1 N–H and O–H groups in total. The Hall–Kier alpha value is -0.610. The normalized spacial score (nSPS) is 30.8. The van der Waals surface area contributed by atoms with Gasteiger partial charge in [-0.3, -0.25) is 4.79 Å². The Morgan fingerprint density at radius 3 is 2.44 bits per heavy atom. The molecular weight excluding hydrogens is 228 g/mol. The molecule has 0 aromatic rings. The molecule has 2 heterocycles. The number of hydrogen-bond donors (Lipinski definition) is 1. The molecule has 0 radical (unpaired) electrons. The average Bonchev–Trinajstić information content (AvgIpc) is 2.67. The van der Waals surface area contributed by atoms with Gasteiger partial charge in [-0.2, -0.15) is 0 Å². The van der Waals surface area contributed by atoms with Crippen molar-refractivity contribution >= 4 is 5.91 Å². The van der Waals surface area contributed by atoms with E-state index in [2.05, 4.69) is 12.2 Å². The van der Waals surface area contributed by atoms with Crippen molar-refractivity contribution < 1.29 is 9.53 Å². The van der Waals surface area contributed by atoms with Gasteiger partial charge < -0.3 is 15.0 Å². The molecule has 2 aliphatic rings. The summed E-state index contributed by atoms with van der Waals surface area (Å²) in [4.78, 5) is 14.2.